The zero-order valence-electron chi connectivity index (χ0n) is 11.4. The van der Waals surface area contributed by atoms with Crippen LogP contribution in [0, 0.1) is 19.7 Å². The Hall–Kier alpha value is -1.72. The summed E-state index contributed by atoms with van der Waals surface area (Å²) in [5, 5.41) is 4.39. The van der Waals surface area contributed by atoms with Crippen LogP contribution in [0.2, 0.25) is 0 Å². The van der Waals surface area contributed by atoms with Crippen LogP contribution in [-0.2, 0) is 6.54 Å². The Morgan fingerprint density at radius 3 is 2.68 bits per heavy atom. The fraction of sp³-hybridized carbons (Fsp3) is 0.357. The molecular weight excluding hydrogens is 243 g/mol. The van der Waals surface area contributed by atoms with Crippen LogP contribution in [-0.4, -0.2) is 9.78 Å². The highest BCUT2D eigenvalue weighted by Gasteiger charge is 2.18. The summed E-state index contributed by atoms with van der Waals surface area (Å²) in [7, 11) is 0. The summed E-state index contributed by atoms with van der Waals surface area (Å²) in [6.07, 6.45) is 0. The van der Waals surface area contributed by atoms with Crippen molar-refractivity contribution >= 4 is 0 Å². The van der Waals surface area contributed by atoms with Crippen LogP contribution < -0.4 is 11.3 Å². The molecule has 0 radical (unpaired) electrons. The first-order valence-electron chi connectivity index (χ1n) is 6.33. The maximum absolute atomic E-state index is 13.7. The third kappa shape index (κ3) is 2.67. The Balaban J connectivity index is 2.46. The predicted octanol–water partition coefficient (Wildman–Crippen LogP) is 2.21. The number of hydrogen-bond donors (Lipinski definition) is 2. The molecule has 1 heterocycles. The van der Waals surface area contributed by atoms with E-state index >= 15 is 0 Å². The molecule has 0 bridgehead atoms. The molecule has 102 valence electrons. The van der Waals surface area contributed by atoms with Crippen molar-refractivity contribution in [2.75, 3.05) is 0 Å². The fourth-order valence-electron chi connectivity index (χ4n) is 2.19. The van der Waals surface area contributed by atoms with Crippen molar-refractivity contribution in [2.45, 2.75) is 33.4 Å². The number of nitrogens with one attached hydrogen (secondary N) is 1. The quantitative estimate of drug-likeness (QED) is 0.656. The van der Waals surface area contributed by atoms with Crippen LogP contribution in [0.5, 0.6) is 0 Å². The molecule has 0 spiro atoms. The van der Waals surface area contributed by atoms with Crippen LogP contribution in [0.3, 0.4) is 0 Å². The van der Waals surface area contributed by atoms with Gasteiger partial charge in [0.2, 0.25) is 0 Å². The summed E-state index contributed by atoms with van der Waals surface area (Å²) in [6.45, 7) is 6.43. The maximum Gasteiger partial charge on any atom is 0.126 e. The van der Waals surface area contributed by atoms with Crippen LogP contribution in [0.4, 0.5) is 4.39 Å². The Morgan fingerprint density at radius 2 is 2.11 bits per heavy atom. The van der Waals surface area contributed by atoms with Gasteiger partial charge in [0.1, 0.15) is 5.82 Å². The third-order valence-corrected chi connectivity index (χ3v) is 3.22. The summed E-state index contributed by atoms with van der Waals surface area (Å²) >= 11 is 0. The largest absolute Gasteiger partial charge is 0.271 e. The fourth-order valence-corrected chi connectivity index (χ4v) is 2.19. The second-order valence-corrected chi connectivity index (χ2v) is 4.63. The second kappa shape index (κ2) is 5.50. The molecule has 1 atom stereocenters. The number of nitrogens with two attached hydrogens (primary N) is 1. The first-order valence-corrected chi connectivity index (χ1v) is 6.33. The first kappa shape index (κ1) is 13.7. The summed E-state index contributed by atoms with van der Waals surface area (Å²) in [5.74, 6) is 5.42. The van der Waals surface area contributed by atoms with Crippen LogP contribution in [0.25, 0.3) is 0 Å². The lowest BCUT2D eigenvalue weighted by atomic mass is 10.0. The van der Waals surface area contributed by atoms with Crippen molar-refractivity contribution in [2.24, 2.45) is 5.84 Å². The highest BCUT2D eigenvalue weighted by molar-refractivity contribution is 5.32. The van der Waals surface area contributed by atoms with E-state index in [1.807, 2.05) is 30.7 Å². The van der Waals surface area contributed by atoms with Gasteiger partial charge in [-0.05, 0) is 44.0 Å². The number of rotatable bonds is 4. The van der Waals surface area contributed by atoms with E-state index in [-0.39, 0.29) is 11.9 Å². The van der Waals surface area contributed by atoms with Gasteiger partial charge in [-0.25, -0.2) is 9.82 Å². The van der Waals surface area contributed by atoms with E-state index in [0.717, 1.165) is 23.5 Å². The molecule has 4 nitrogen and oxygen atoms in total. The smallest absolute Gasteiger partial charge is 0.126 e. The first-order chi connectivity index (χ1) is 9.06. The van der Waals surface area contributed by atoms with E-state index in [4.69, 9.17) is 5.84 Å². The Bertz CT molecular complexity index is 577. The molecule has 1 aromatic carbocycles. The van der Waals surface area contributed by atoms with Crippen molar-refractivity contribution in [3.8, 4) is 0 Å². The number of nitrogens with zero attached hydrogens (tertiary/aromatic N) is 2. The van der Waals surface area contributed by atoms with Gasteiger partial charge in [-0.3, -0.25) is 10.5 Å². The maximum atomic E-state index is 13.7. The number of hydrogen-bond acceptors (Lipinski definition) is 3. The SMILES string of the molecule is CCn1nc(C)cc1C(NN)c1ccc(C)c(F)c1. The lowest BCUT2D eigenvalue weighted by Crippen LogP contribution is -2.30. The van der Waals surface area contributed by atoms with E-state index in [0.29, 0.717) is 5.56 Å². The van der Waals surface area contributed by atoms with Gasteiger partial charge >= 0.3 is 0 Å². The minimum absolute atomic E-state index is 0.225. The number of halogens is 1. The summed E-state index contributed by atoms with van der Waals surface area (Å²) in [4.78, 5) is 0. The Morgan fingerprint density at radius 1 is 1.37 bits per heavy atom. The Kier molecular flexibility index (Phi) is 3.97. The normalized spacial score (nSPS) is 12.7. The zero-order valence-corrected chi connectivity index (χ0v) is 11.4. The monoisotopic (exact) mass is 262 g/mol. The molecule has 0 fully saturated rings. The second-order valence-electron chi connectivity index (χ2n) is 4.63. The van der Waals surface area contributed by atoms with Gasteiger partial charge in [0.15, 0.2) is 0 Å². The van der Waals surface area contributed by atoms with Gasteiger partial charge in [0, 0.05) is 6.54 Å². The molecule has 0 amide bonds. The molecule has 19 heavy (non-hydrogen) atoms. The number of hydrazine groups is 1. The molecule has 5 heteroatoms. The molecule has 0 saturated heterocycles. The molecule has 1 aromatic heterocycles. The van der Waals surface area contributed by atoms with Gasteiger partial charge < -0.3 is 0 Å². The molecule has 0 aliphatic rings. The minimum Gasteiger partial charge on any atom is -0.271 e. The van der Waals surface area contributed by atoms with Crippen LogP contribution in [0.15, 0.2) is 24.3 Å². The molecule has 3 N–H and O–H groups in total. The van der Waals surface area contributed by atoms with Crippen molar-refractivity contribution in [3.63, 3.8) is 0 Å². The van der Waals surface area contributed by atoms with Gasteiger partial charge in [-0.2, -0.15) is 5.10 Å². The van der Waals surface area contributed by atoms with E-state index in [9.17, 15) is 4.39 Å². The topological polar surface area (TPSA) is 55.9 Å². The highest BCUT2D eigenvalue weighted by atomic mass is 19.1. The average molecular weight is 262 g/mol. The number of aromatic nitrogens is 2. The number of aryl methyl sites for hydroxylation is 3. The molecular formula is C14H19FN4. The lowest BCUT2D eigenvalue weighted by Gasteiger charge is -2.18. The van der Waals surface area contributed by atoms with Gasteiger partial charge in [0.25, 0.3) is 0 Å². The lowest BCUT2D eigenvalue weighted by molar-refractivity contribution is 0.537. The predicted molar refractivity (Wildman–Crippen MR) is 72.9 cm³/mol. The summed E-state index contributed by atoms with van der Waals surface area (Å²) < 4.78 is 15.6. The van der Waals surface area contributed by atoms with Crippen molar-refractivity contribution in [3.05, 3.63) is 52.6 Å². The van der Waals surface area contributed by atoms with E-state index in [2.05, 4.69) is 10.5 Å². The van der Waals surface area contributed by atoms with E-state index in [1.54, 1.807) is 13.0 Å². The Labute approximate surface area is 112 Å². The van der Waals surface area contributed by atoms with Crippen LogP contribution in [0.1, 0.15) is 35.5 Å². The van der Waals surface area contributed by atoms with Crippen molar-refractivity contribution in [1.29, 1.82) is 0 Å². The molecule has 0 aliphatic carbocycles. The number of benzene rings is 1. The standard InChI is InChI=1S/C14H19FN4/c1-4-19-13(7-10(3)18-19)14(17-16)11-6-5-9(2)12(15)8-11/h5-8,14,17H,4,16H2,1-3H3. The zero-order chi connectivity index (χ0) is 14.0. The van der Waals surface area contributed by atoms with Gasteiger partial charge in [-0.15, -0.1) is 0 Å². The minimum atomic E-state index is -0.267. The molecule has 0 aliphatic heterocycles. The molecule has 0 saturated carbocycles. The molecule has 2 aromatic rings. The van der Waals surface area contributed by atoms with Crippen molar-refractivity contribution < 1.29 is 4.39 Å². The average Bonchev–Trinajstić information content (AvgIpc) is 2.76. The van der Waals surface area contributed by atoms with E-state index < -0.39 is 0 Å². The van der Waals surface area contributed by atoms with Crippen LogP contribution >= 0.6 is 0 Å². The molecule has 2 rings (SSSR count). The van der Waals surface area contributed by atoms with Crippen molar-refractivity contribution in [1.82, 2.24) is 15.2 Å². The van der Waals surface area contributed by atoms with Gasteiger partial charge in [-0.1, -0.05) is 12.1 Å². The third-order valence-electron chi connectivity index (χ3n) is 3.22. The summed E-state index contributed by atoms with van der Waals surface area (Å²) in [6, 6.07) is 6.85. The van der Waals surface area contributed by atoms with Gasteiger partial charge in [0.05, 0.1) is 17.4 Å². The highest BCUT2D eigenvalue weighted by Crippen LogP contribution is 2.23. The summed E-state index contributed by atoms with van der Waals surface area (Å²) in [5.41, 5.74) is 6.02. The molecule has 1 unspecified atom stereocenters. The van der Waals surface area contributed by atoms with E-state index in [1.165, 1.54) is 6.07 Å².